The molecule has 0 bridgehead atoms. The molecular weight excluding hydrogens is 727 g/mol. The van der Waals surface area contributed by atoms with Crippen molar-refractivity contribution in [2.75, 3.05) is 4.90 Å². The molecule has 12 aromatic rings. The van der Waals surface area contributed by atoms with Crippen LogP contribution in [0.15, 0.2) is 229 Å². The molecule has 0 atom stereocenters. The monoisotopic (exact) mass is 763 g/mol. The average Bonchev–Trinajstić information content (AvgIpc) is 3.68. The number of furan rings is 1. The summed E-state index contributed by atoms with van der Waals surface area (Å²) in [6.07, 6.45) is 0. The van der Waals surface area contributed by atoms with E-state index >= 15 is 0 Å². The Labute approximate surface area is 347 Å². The summed E-state index contributed by atoms with van der Waals surface area (Å²) in [5.41, 5.74) is 12.0. The van der Waals surface area contributed by atoms with Crippen LogP contribution in [-0.4, -0.2) is 0 Å². The highest BCUT2D eigenvalue weighted by atomic mass is 16.3. The van der Waals surface area contributed by atoms with Crippen LogP contribution in [0.5, 0.6) is 0 Å². The zero-order chi connectivity index (χ0) is 39.6. The lowest BCUT2D eigenvalue weighted by atomic mass is 9.95. The van der Waals surface area contributed by atoms with Crippen molar-refractivity contribution in [1.29, 1.82) is 0 Å². The molecule has 1 heterocycles. The van der Waals surface area contributed by atoms with E-state index in [1.165, 1.54) is 65.3 Å². The standard InChI is InChI=1S/C58H37NO/c1-2-15-42-37-57-54(36-41(42)14-1)58-53(23-11-25-56(58)60-57)52-21-7-8-24-55(52)59(47-18-9-17-44(35-47)50-22-10-16-39-12-3-5-19-48(39)50)46-31-28-38(29-32-46)43-30-33-51-45(34-43)27-26-40-13-4-6-20-49(40)51/h1-37H. The average molecular weight is 764 g/mol. The Hall–Kier alpha value is -7.94. The molecule has 0 spiro atoms. The second kappa shape index (κ2) is 13.9. The molecule has 2 heteroatoms. The smallest absolute Gasteiger partial charge is 0.136 e. The minimum Gasteiger partial charge on any atom is -0.456 e. The summed E-state index contributed by atoms with van der Waals surface area (Å²) in [6.45, 7) is 0. The van der Waals surface area contributed by atoms with Crippen LogP contribution in [0.1, 0.15) is 0 Å². The normalized spacial score (nSPS) is 11.7. The van der Waals surface area contributed by atoms with Gasteiger partial charge in [0, 0.05) is 27.7 Å². The number of hydrogen-bond donors (Lipinski definition) is 0. The van der Waals surface area contributed by atoms with E-state index in [4.69, 9.17) is 4.42 Å². The topological polar surface area (TPSA) is 16.4 Å². The van der Waals surface area contributed by atoms with E-state index in [2.05, 4.69) is 229 Å². The van der Waals surface area contributed by atoms with E-state index in [-0.39, 0.29) is 0 Å². The molecule has 0 unspecified atom stereocenters. The van der Waals surface area contributed by atoms with Gasteiger partial charge in [0.15, 0.2) is 0 Å². The van der Waals surface area contributed by atoms with Gasteiger partial charge in [0.05, 0.1) is 5.69 Å². The van der Waals surface area contributed by atoms with E-state index in [1.807, 2.05) is 0 Å². The van der Waals surface area contributed by atoms with Gasteiger partial charge in [0.2, 0.25) is 0 Å². The first kappa shape index (κ1) is 34.1. The van der Waals surface area contributed by atoms with Crippen molar-refractivity contribution in [3.63, 3.8) is 0 Å². The minimum absolute atomic E-state index is 0.879. The van der Waals surface area contributed by atoms with Crippen LogP contribution >= 0.6 is 0 Å². The maximum atomic E-state index is 6.58. The first-order chi connectivity index (χ1) is 29.7. The molecule has 0 N–H and O–H groups in total. The summed E-state index contributed by atoms with van der Waals surface area (Å²) in [5.74, 6) is 0. The van der Waals surface area contributed by atoms with Gasteiger partial charge in [-0.05, 0) is 126 Å². The first-order valence-corrected chi connectivity index (χ1v) is 20.6. The van der Waals surface area contributed by atoms with E-state index in [0.29, 0.717) is 0 Å². The minimum atomic E-state index is 0.879. The molecule has 2 nitrogen and oxygen atoms in total. The summed E-state index contributed by atoms with van der Waals surface area (Å²) in [4.78, 5) is 2.41. The van der Waals surface area contributed by atoms with Gasteiger partial charge in [0.1, 0.15) is 11.2 Å². The molecule has 280 valence electrons. The number of benzene rings is 11. The Morgan fingerprint density at radius 2 is 0.900 bits per heavy atom. The molecule has 0 fully saturated rings. The number of fused-ring (bicyclic) bond motifs is 8. The lowest BCUT2D eigenvalue weighted by molar-refractivity contribution is 0.669. The maximum Gasteiger partial charge on any atom is 0.136 e. The predicted octanol–water partition coefficient (Wildman–Crippen LogP) is 16.7. The number of hydrogen-bond acceptors (Lipinski definition) is 2. The lowest BCUT2D eigenvalue weighted by Crippen LogP contribution is -2.11. The third kappa shape index (κ3) is 5.65. The maximum absolute atomic E-state index is 6.58. The number of rotatable bonds is 6. The molecule has 11 aromatic carbocycles. The zero-order valence-corrected chi connectivity index (χ0v) is 32.7. The summed E-state index contributed by atoms with van der Waals surface area (Å²) in [7, 11) is 0. The van der Waals surface area contributed by atoms with Gasteiger partial charge >= 0.3 is 0 Å². The molecule has 0 radical (unpaired) electrons. The molecule has 0 aliphatic rings. The van der Waals surface area contributed by atoms with Crippen molar-refractivity contribution in [1.82, 2.24) is 0 Å². The Bertz CT molecular complexity index is 3610. The van der Waals surface area contributed by atoms with Crippen LogP contribution in [-0.2, 0) is 0 Å². The van der Waals surface area contributed by atoms with Gasteiger partial charge < -0.3 is 9.32 Å². The second-order valence-corrected chi connectivity index (χ2v) is 15.7. The van der Waals surface area contributed by atoms with E-state index in [0.717, 1.165) is 50.1 Å². The molecular formula is C58H37NO. The number of anilines is 3. The molecule has 12 rings (SSSR count). The van der Waals surface area contributed by atoms with Crippen LogP contribution in [0, 0.1) is 0 Å². The highest BCUT2D eigenvalue weighted by Crippen LogP contribution is 2.46. The van der Waals surface area contributed by atoms with E-state index in [9.17, 15) is 0 Å². The predicted molar refractivity (Wildman–Crippen MR) is 255 cm³/mol. The SMILES string of the molecule is c1cc(-c2cccc3ccccc23)cc(N(c2ccc(-c3ccc4c(ccc5ccccc54)c3)cc2)c2ccccc2-c2cccc3oc4cc5ccccc5cc4c23)c1. The number of nitrogens with zero attached hydrogens (tertiary/aromatic N) is 1. The zero-order valence-electron chi connectivity index (χ0n) is 32.7. The fourth-order valence-electron chi connectivity index (χ4n) is 9.35. The van der Waals surface area contributed by atoms with Crippen molar-refractivity contribution in [3.05, 3.63) is 224 Å². The molecule has 0 saturated carbocycles. The van der Waals surface area contributed by atoms with Crippen LogP contribution in [0.4, 0.5) is 17.1 Å². The van der Waals surface area contributed by atoms with Crippen molar-refractivity contribution in [2.45, 2.75) is 0 Å². The summed E-state index contributed by atoms with van der Waals surface area (Å²) >= 11 is 0. The van der Waals surface area contributed by atoms with Crippen LogP contribution in [0.2, 0.25) is 0 Å². The lowest BCUT2D eigenvalue weighted by Gasteiger charge is -2.28. The van der Waals surface area contributed by atoms with Gasteiger partial charge in [-0.15, -0.1) is 0 Å². The summed E-state index contributed by atoms with van der Waals surface area (Å²) in [5, 5.41) is 12.1. The Balaban J connectivity index is 1.04. The van der Waals surface area contributed by atoms with Gasteiger partial charge in [-0.25, -0.2) is 0 Å². The van der Waals surface area contributed by atoms with Crippen molar-refractivity contribution in [3.8, 4) is 33.4 Å². The van der Waals surface area contributed by atoms with E-state index < -0.39 is 0 Å². The Kier molecular flexibility index (Phi) is 7.89. The molecule has 0 saturated heterocycles. The third-order valence-corrected chi connectivity index (χ3v) is 12.2. The molecule has 0 amide bonds. The fraction of sp³-hybridized carbons (Fsp3) is 0. The quantitative estimate of drug-likeness (QED) is 0.157. The highest BCUT2D eigenvalue weighted by Gasteiger charge is 2.21. The summed E-state index contributed by atoms with van der Waals surface area (Å²) in [6, 6.07) is 81.4. The van der Waals surface area contributed by atoms with Crippen molar-refractivity contribution >= 4 is 82.1 Å². The number of para-hydroxylation sites is 1. The second-order valence-electron chi connectivity index (χ2n) is 15.7. The largest absolute Gasteiger partial charge is 0.456 e. The van der Waals surface area contributed by atoms with Crippen LogP contribution in [0.3, 0.4) is 0 Å². The van der Waals surface area contributed by atoms with Crippen molar-refractivity contribution in [2.24, 2.45) is 0 Å². The van der Waals surface area contributed by atoms with E-state index in [1.54, 1.807) is 0 Å². The van der Waals surface area contributed by atoms with Gasteiger partial charge in [0.25, 0.3) is 0 Å². The van der Waals surface area contributed by atoms with Gasteiger partial charge in [-0.2, -0.15) is 0 Å². The van der Waals surface area contributed by atoms with Crippen LogP contribution < -0.4 is 4.90 Å². The molecule has 1 aromatic heterocycles. The van der Waals surface area contributed by atoms with Crippen LogP contribution in [0.25, 0.3) is 98.4 Å². The van der Waals surface area contributed by atoms with Gasteiger partial charge in [-0.1, -0.05) is 170 Å². The first-order valence-electron chi connectivity index (χ1n) is 20.6. The summed E-state index contributed by atoms with van der Waals surface area (Å²) < 4.78 is 6.58. The molecule has 0 aliphatic heterocycles. The van der Waals surface area contributed by atoms with Gasteiger partial charge in [-0.3, -0.25) is 0 Å². The highest BCUT2D eigenvalue weighted by molar-refractivity contribution is 6.17. The Morgan fingerprint density at radius 1 is 0.283 bits per heavy atom. The van der Waals surface area contributed by atoms with Crippen molar-refractivity contribution < 1.29 is 4.42 Å². The fourth-order valence-corrected chi connectivity index (χ4v) is 9.35. The molecule has 60 heavy (non-hydrogen) atoms. The molecule has 0 aliphatic carbocycles. The Morgan fingerprint density at radius 3 is 1.77 bits per heavy atom. The third-order valence-electron chi connectivity index (χ3n) is 12.2.